The van der Waals surface area contributed by atoms with Crippen molar-refractivity contribution in [2.24, 2.45) is 0 Å². The standard InChI is InChI=1S/C21H24N2O4/c24-19(23-15-16-8-7-11-18(14-16)21(26)27)12-5-2-6-13-22-20(25)17-9-3-1-4-10-17/h1,3-4,7-11,14H,2,5-6,12-13,15H2,(H,22,25)(H,23,24)(H,26,27). The van der Waals surface area contributed by atoms with Crippen LogP contribution in [0.3, 0.4) is 0 Å². The van der Waals surface area contributed by atoms with Crippen molar-refractivity contribution in [2.75, 3.05) is 6.54 Å². The summed E-state index contributed by atoms with van der Waals surface area (Å²) in [4.78, 5) is 34.7. The van der Waals surface area contributed by atoms with E-state index in [1.54, 1.807) is 30.3 Å². The molecule has 0 aromatic heterocycles. The van der Waals surface area contributed by atoms with Crippen molar-refractivity contribution in [3.8, 4) is 0 Å². The van der Waals surface area contributed by atoms with Gasteiger partial charge in [-0.25, -0.2) is 4.79 Å². The van der Waals surface area contributed by atoms with Gasteiger partial charge in [-0.1, -0.05) is 36.8 Å². The van der Waals surface area contributed by atoms with Crippen LogP contribution < -0.4 is 10.6 Å². The molecule has 6 nitrogen and oxygen atoms in total. The number of aromatic carboxylic acids is 1. The van der Waals surface area contributed by atoms with Crippen LogP contribution in [0.4, 0.5) is 0 Å². The van der Waals surface area contributed by atoms with Gasteiger partial charge in [0.05, 0.1) is 5.56 Å². The predicted molar refractivity (Wildman–Crippen MR) is 102 cm³/mol. The molecule has 2 aromatic rings. The van der Waals surface area contributed by atoms with Gasteiger partial charge in [-0.2, -0.15) is 0 Å². The van der Waals surface area contributed by atoms with Crippen molar-refractivity contribution in [2.45, 2.75) is 32.2 Å². The molecular weight excluding hydrogens is 344 g/mol. The SMILES string of the molecule is O=C(CCCCCNC(=O)c1ccccc1)NCc1cccc(C(=O)O)c1. The average Bonchev–Trinajstić information content (AvgIpc) is 2.69. The third-order valence-electron chi connectivity index (χ3n) is 4.07. The first kappa shape index (κ1) is 20.2. The van der Waals surface area contributed by atoms with E-state index >= 15 is 0 Å². The van der Waals surface area contributed by atoms with Crippen LogP contribution in [0.25, 0.3) is 0 Å². The van der Waals surface area contributed by atoms with Gasteiger partial charge >= 0.3 is 5.97 Å². The molecule has 0 bridgehead atoms. The predicted octanol–water partition coefficient (Wildman–Crippen LogP) is 2.99. The highest BCUT2D eigenvalue weighted by atomic mass is 16.4. The number of carboxylic acids is 1. The lowest BCUT2D eigenvalue weighted by atomic mass is 10.1. The van der Waals surface area contributed by atoms with E-state index in [1.165, 1.54) is 6.07 Å². The lowest BCUT2D eigenvalue weighted by Crippen LogP contribution is -2.24. The number of unbranched alkanes of at least 4 members (excludes halogenated alkanes) is 2. The normalized spacial score (nSPS) is 10.2. The fraction of sp³-hybridized carbons (Fsp3) is 0.286. The second-order valence-electron chi connectivity index (χ2n) is 6.21. The van der Waals surface area contributed by atoms with E-state index in [1.807, 2.05) is 18.2 Å². The molecule has 0 unspecified atom stereocenters. The van der Waals surface area contributed by atoms with Gasteiger partial charge in [-0.05, 0) is 42.7 Å². The molecule has 0 atom stereocenters. The molecule has 0 aliphatic heterocycles. The summed E-state index contributed by atoms with van der Waals surface area (Å²) in [5.74, 6) is -1.14. The molecule has 0 fully saturated rings. The summed E-state index contributed by atoms with van der Waals surface area (Å²) in [6.07, 6.45) is 2.80. The second kappa shape index (κ2) is 10.8. The van der Waals surface area contributed by atoms with Gasteiger partial charge in [-0.3, -0.25) is 9.59 Å². The zero-order chi connectivity index (χ0) is 19.5. The Labute approximate surface area is 158 Å². The molecule has 0 saturated heterocycles. The average molecular weight is 368 g/mol. The number of carboxylic acid groups (broad SMARTS) is 1. The first-order chi connectivity index (χ1) is 13.1. The summed E-state index contributed by atoms with van der Waals surface area (Å²) in [6, 6.07) is 15.6. The highest BCUT2D eigenvalue weighted by Gasteiger charge is 2.06. The van der Waals surface area contributed by atoms with Crippen LogP contribution >= 0.6 is 0 Å². The third-order valence-corrected chi connectivity index (χ3v) is 4.07. The third kappa shape index (κ3) is 7.32. The Bertz CT molecular complexity index is 775. The fourth-order valence-corrected chi connectivity index (χ4v) is 2.58. The van der Waals surface area contributed by atoms with Gasteiger partial charge in [0, 0.05) is 25.1 Å². The summed E-state index contributed by atoms with van der Waals surface area (Å²) in [6.45, 7) is 0.893. The zero-order valence-electron chi connectivity index (χ0n) is 15.1. The summed E-state index contributed by atoms with van der Waals surface area (Å²) >= 11 is 0. The topological polar surface area (TPSA) is 95.5 Å². The minimum absolute atomic E-state index is 0.0657. The molecule has 3 N–H and O–H groups in total. The first-order valence-corrected chi connectivity index (χ1v) is 8.98. The van der Waals surface area contributed by atoms with Gasteiger partial charge < -0.3 is 15.7 Å². The number of hydrogen-bond acceptors (Lipinski definition) is 3. The maximum absolute atomic E-state index is 11.9. The smallest absolute Gasteiger partial charge is 0.335 e. The quantitative estimate of drug-likeness (QED) is 0.562. The largest absolute Gasteiger partial charge is 0.478 e. The van der Waals surface area contributed by atoms with Crippen LogP contribution in [0, 0.1) is 0 Å². The number of nitrogens with one attached hydrogen (secondary N) is 2. The molecule has 0 aliphatic rings. The number of hydrogen-bond donors (Lipinski definition) is 3. The number of carbonyl (C=O) groups excluding carboxylic acids is 2. The number of carbonyl (C=O) groups is 3. The van der Waals surface area contributed by atoms with Crippen molar-refractivity contribution >= 4 is 17.8 Å². The van der Waals surface area contributed by atoms with Crippen LogP contribution in [0.15, 0.2) is 54.6 Å². The Kier molecular flexibility index (Phi) is 8.03. The molecule has 0 radical (unpaired) electrons. The van der Waals surface area contributed by atoms with E-state index in [2.05, 4.69) is 10.6 Å². The van der Waals surface area contributed by atoms with Gasteiger partial charge in [0.2, 0.25) is 5.91 Å². The van der Waals surface area contributed by atoms with Crippen LogP contribution in [0.2, 0.25) is 0 Å². The monoisotopic (exact) mass is 368 g/mol. The molecule has 2 aromatic carbocycles. The van der Waals surface area contributed by atoms with Crippen molar-refractivity contribution < 1.29 is 19.5 Å². The van der Waals surface area contributed by atoms with E-state index in [4.69, 9.17) is 5.11 Å². The van der Waals surface area contributed by atoms with E-state index in [9.17, 15) is 14.4 Å². The number of rotatable bonds is 10. The lowest BCUT2D eigenvalue weighted by Gasteiger charge is -2.07. The Morgan fingerprint density at radius 2 is 1.56 bits per heavy atom. The molecular formula is C21H24N2O4. The van der Waals surface area contributed by atoms with Crippen molar-refractivity contribution in [1.82, 2.24) is 10.6 Å². The fourth-order valence-electron chi connectivity index (χ4n) is 2.58. The highest BCUT2D eigenvalue weighted by Crippen LogP contribution is 2.06. The van der Waals surface area contributed by atoms with E-state index in [0.29, 0.717) is 25.1 Å². The van der Waals surface area contributed by atoms with E-state index in [-0.39, 0.29) is 17.4 Å². The van der Waals surface area contributed by atoms with Gasteiger partial charge in [0.1, 0.15) is 0 Å². The molecule has 0 aliphatic carbocycles. The van der Waals surface area contributed by atoms with E-state index in [0.717, 1.165) is 24.8 Å². The molecule has 0 spiro atoms. The molecule has 2 rings (SSSR count). The van der Waals surface area contributed by atoms with E-state index < -0.39 is 5.97 Å². The van der Waals surface area contributed by atoms with Crippen LogP contribution in [0.1, 0.15) is 52.0 Å². The summed E-state index contributed by atoms with van der Waals surface area (Å²) in [5.41, 5.74) is 1.61. The number of amides is 2. The van der Waals surface area contributed by atoms with Gasteiger partial charge in [-0.15, -0.1) is 0 Å². The Hall–Kier alpha value is -3.15. The van der Waals surface area contributed by atoms with Crippen LogP contribution in [-0.2, 0) is 11.3 Å². The minimum atomic E-state index is -0.984. The Balaban J connectivity index is 1.56. The van der Waals surface area contributed by atoms with Crippen LogP contribution in [0.5, 0.6) is 0 Å². The Morgan fingerprint density at radius 3 is 2.30 bits per heavy atom. The van der Waals surface area contributed by atoms with Crippen LogP contribution in [-0.4, -0.2) is 29.4 Å². The van der Waals surface area contributed by atoms with Gasteiger partial charge in [0.15, 0.2) is 0 Å². The molecule has 142 valence electrons. The second-order valence-corrected chi connectivity index (χ2v) is 6.21. The summed E-state index contributed by atoms with van der Waals surface area (Å²) < 4.78 is 0. The zero-order valence-corrected chi connectivity index (χ0v) is 15.1. The molecule has 27 heavy (non-hydrogen) atoms. The summed E-state index contributed by atoms with van der Waals surface area (Å²) in [7, 11) is 0. The highest BCUT2D eigenvalue weighted by molar-refractivity contribution is 5.94. The molecule has 6 heteroatoms. The van der Waals surface area contributed by atoms with Crippen molar-refractivity contribution in [1.29, 1.82) is 0 Å². The Morgan fingerprint density at radius 1 is 0.815 bits per heavy atom. The number of benzene rings is 2. The summed E-state index contributed by atoms with van der Waals surface area (Å²) in [5, 5.41) is 14.6. The van der Waals surface area contributed by atoms with Crippen molar-refractivity contribution in [3.05, 3.63) is 71.3 Å². The molecule has 0 saturated carbocycles. The molecule has 0 heterocycles. The maximum atomic E-state index is 11.9. The lowest BCUT2D eigenvalue weighted by molar-refractivity contribution is -0.121. The molecule has 2 amide bonds. The minimum Gasteiger partial charge on any atom is -0.478 e. The van der Waals surface area contributed by atoms with Crippen molar-refractivity contribution in [3.63, 3.8) is 0 Å². The first-order valence-electron chi connectivity index (χ1n) is 8.98. The van der Waals surface area contributed by atoms with Gasteiger partial charge in [0.25, 0.3) is 5.91 Å². The maximum Gasteiger partial charge on any atom is 0.335 e.